The summed E-state index contributed by atoms with van der Waals surface area (Å²) in [5.74, 6) is 1.64. The Morgan fingerprint density at radius 3 is 2.65 bits per heavy atom. The number of unbranched alkanes of at least 4 members (excludes halogenated alkanes) is 3. The van der Waals surface area contributed by atoms with Crippen LogP contribution in [0.4, 0.5) is 0 Å². The van der Waals surface area contributed by atoms with Gasteiger partial charge in [-0.1, -0.05) is 32.3 Å². The van der Waals surface area contributed by atoms with Gasteiger partial charge in [-0.05, 0) is 76.6 Å². The highest BCUT2D eigenvalue weighted by molar-refractivity contribution is 7.12. The van der Waals surface area contributed by atoms with E-state index in [0.717, 1.165) is 43.7 Å². The predicted octanol–water partition coefficient (Wildman–Crippen LogP) is 6.24. The van der Waals surface area contributed by atoms with Gasteiger partial charge in [0.1, 0.15) is 0 Å². The summed E-state index contributed by atoms with van der Waals surface area (Å²) in [6.07, 6.45) is 9.61. The monoisotopic (exact) mass is 442 g/mol. The van der Waals surface area contributed by atoms with Gasteiger partial charge in [0.25, 0.3) is 0 Å². The number of carbonyl (C=O) groups is 1. The highest BCUT2D eigenvalue weighted by Crippen LogP contribution is 2.34. The van der Waals surface area contributed by atoms with Gasteiger partial charge in [0, 0.05) is 27.9 Å². The molecule has 0 N–H and O–H groups in total. The van der Waals surface area contributed by atoms with Crippen LogP contribution in [0.5, 0.6) is 5.88 Å². The Balaban J connectivity index is 1.56. The molecule has 3 rings (SSSR count). The van der Waals surface area contributed by atoms with Crippen LogP contribution in [0.25, 0.3) is 0 Å². The number of piperidine rings is 1. The fourth-order valence-corrected chi connectivity index (χ4v) is 6.18. The number of rotatable bonds is 11. The molecule has 0 aromatic carbocycles. The second-order valence-electron chi connectivity index (χ2n) is 8.91. The maximum atomic E-state index is 12.3. The lowest BCUT2D eigenvalue weighted by Gasteiger charge is -2.31. The van der Waals surface area contributed by atoms with Crippen molar-refractivity contribution in [3.05, 3.63) is 44.8 Å². The van der Waals surface area contributed by atoms with Crippen molar-refractivity contribution >= 4 is 17.1 Å². The summed E-state index contributed by atoms with van der Waals surface area (Å²) in [5.41, 5.74) is 3.36. The van der Waals surface area contributed by atoms with E-state index in [9.17, 15) is 4.79 Å². The number of nitrogens with zero attached hydrogens (tertiary/aromatic N) is 2. The van der Waals surface area contributed by atoms with Crippen LogP contribution in [-0.4, -0.2) is 35.9 Å². The van der Waals surface area contributed by atoms with Crippen LogP contribution < -0.4 is 4.74 Å². The lowest BCUT2D eigenvalue weighted by Crippen LogP contribution is -2.34. The molecule has 0 radical (unpaired) electrons. The van der Waals surface area contributed by atoms with E-state index in [1.165, 1.54) is 53.8 Å². The van der Waals surface area contributed by atoms with Crippen molar-refractivity contribution in [3.8, 4) is 5.88 Å². The van der Waals surface area contributed by atoms with Crippen molar-refractivity contribution in [2.24, 2.45) is 5.92 Å². The summed E-state index contributed by atoms with van der Waals surface area (Å²) in [4.78, 5) is 22.2. The number of aryl methyl sites for hydroxylation is 1. The Kier molecular flexibility index (Phi) is 9.09. The lowest BCUT2D eigenvalue weighted by atomic mass is 9.91. The fourth-order valence-electron chi connectivity index (χ4n) is 4.67. The first-order chi connectivity index (χ1) is 15.0. The molecule has 4 nitrogen and oxygen atoms in total. The molecule has 0 atom stereocenters. The Labute approximate surface area is 192 Å². The summed E-state index contributed by atoms with van der Waals surface area (Å²) < 4.78 is 5.25. The normalized spacial score (nSPS) is 15.4. The van der Waals surface area contributed by atoms with E-state index in [-0.39, 0.29) is 5.78 Å². The van der Waals surface area contributed by atoms with Crippen LogP contribution in [0.2, 0.25) is 0 Å². The zero-order valence-corrected chi connectivity index (χ0v) is 20.5. The molecule has 1 saturated heterocycles. The number of carbonyl (C=O) groups excluding carboxylic acids is 1. The number of ether oxygens (including phenoxy) is 1. The molecule has 2 aromatic rings. The number of hydrogen-bond acceptors (Lipinski definition) is 5. The predicted molar refractivity (Wildman–Crippen MR) is 129 cm³/mol. The number of hydrogen-bond donors (Lipinski definition) is 0. The molecule has 0 aliphatic carbocycles. The Morgan fingerprint density at radius 1 is 1.19 bits per heavy atom. The van der Waals surface area contributed by atoms with Gasteiger partial charge in [0.15, 0.2) is 5.78 Å². The van der Waals surface area contributed by atoms with Crippen molar-refractivity contribution in [1.82, 2.24) is 9.88 Å². The van der Waals surface area contributed by atoms with Crippen molar-refractivity contribution < 1.29 is 9.53 Å². The molecule has 0 amide bonds. The minimum Gasteiger partial charge on any atom is -0.481 e. The molecular weight excluding hydrogens is 404 g/mol. The molecule has 1 aliphatic heterocycles. The van der Waals surface area contributed by atoms with Crippen molar-refractivity contribution in [2.45, 2.75) is 78.7 Å². The Bertz CT molecular complexity index is 853. The minimum atomic E-state index is 0.242. The average molecular weight is 443 g/mol. The highest BCUT2D eigenvalue weighted by atomic mass is 32.1. The molecule has 1 fully saturated rings. The number of thiophene rings is 1. The summed E-state index contributed by atoms with van der Waals surface area (Å²) in [5, 5.41) is 0. The first-order valence-electron chi connectivity index (χ1n) is 11.9. The van der Waals surface area contributed by atoms with Gasteiger partial charge in [-0.3, -0.25) is 9.69 Å². The summed E-state index contributed by atoms with van der Waals surface area (Å²) in [7, 11) is 1.66. The largest absolute Gasteiger partial charge is 0.481 e. The maximum absolute atomic E-state index is 12.3. The molecule has 2 aromatic heterocycles. The van der Waals surface area contributed by atoms with E-state index < -0.39 is 0 Å². The Morgan fingerprint density at radius 2 is 1.97 bits per heavy atom. The van der Waals surface area contributed by atoms with Crippen LogP contribution in [0.15, 0.2) is 18.2 Å². The zero-order chi connectivity index (χ0) is 22.2. The molecule has 0 bridgehead atoms. The van der Waals surface area contributed by atoms with Gasteiger partial charge in [0.2, 0.25) is 5.88 Å². The van der Waals surface area contributed by atoms with Crippen molar-refractivity contribution in [3.63, 3.8) is 0 Å². The first kappa shape index (κ1) is 23.9. The third-order valence-corrected chi connectivity index (χ3v) is 7.86. The molecule has 1 aliphatic rings. The van der Waals surface area contributed by atoms with Gasteiger partial charge < -0.3 is 4.74 Å². The number of methoxy groups -OCH3 is 1. The molecule has 3 heterocycles. The van der Waals surface area contributed by atoms with Gasteiger partial charge >= 0.3 is 0 Å². The number of likely N-dealkylation sites (tertiary alicyclic amines) is 1. The highest BCUT2D eigenvalue weighted by Gasteiger charge is 2.24. The number of pyridine rings is 1. The van der Waals surface area contributed by atoms with Crippen LogP contribution >= 0.6 is 11.3 Å². The van der Waals surface area contributed by atoms with Crippen LogP contribution in [0, 0.1) is 12.8 Å². The van der Waals surface area contributed by atoms with Gasteiger partial charge in [0.05, 0.1) is 12.8 Å². The zero-order valence-electron chi connectivity index (χ0n) is 19.7. The fraction of sp³-hybridized carbons (Fsp3) is 0.615. The second-order valence-corrected chi connectivity index (χ2v) is 10.1. The van der Waals surface area contributed by atoms with Gasteiger partial charge in [-0.2, -0.15) is 0 Å². The Hall–Kier alpha value is -1.72. The minimum absolute atomic E-state index is 0.242. The topological polar surface area (TPSA) is 42.4 Å². The quantitative estimate of drug-likeness (QED) is 0.305. The van der Waals surface area contributed by atoms with E-state index >= 15 is 0 Å². The number of ketones is 1. The summed E-state index contributed by atoms with van der Waals surface area (Å²) in [6, 6.07) is 5.99. The average Bonchev–Trinajstić information content (AvgIpc) is 3.08. The standard InChI is InChI=1S/C26H38N2O2S/c1-5-6-7-8-11-23-26(20(3)29)19(2)24(31-23)17-21-13-15-28(16-14-21)18-22-10-9-12-25(27-22)30-4/h9-10,12,21H,5-8,11,13-18H2,1-4H3. The smallest absolute Gasteiger partial charge is 0.213 e. The van der Waals surface area contributed by atoms with E-state index in [0.29, 0.717) is 11.8 Å². The number of Topliss-reactive ketones (excluding diaryl/α,β-unsaturated/α-hetero) is 1. The van der Waals surface area contributed by atoms with Gasteiger partial charge in [-0.25, -0.2) is 4.98 Å². The second kappa shape index (κ2) is 11.8. The van der Waals surface area contributed by atoms with Crippen molar-refractivity contribution in [2.75, 3.05) is 20.2 Å². The SMILES string of the molecule is CCCCCCc1sc(CC2CCN(Cc3cccc(OC)n3)CC2)c(C)c1C(C)=O. The van der Waals surface area contributed by atoms with E-state index in [1.54, 1.807) is 14.0 Å². The molecule has 170 valence electrons. The van der Waals surface area contributed by atoms with Crippen molar-refractivity contribution in [1.29, 1.82) is 0 Å². The van der Waals surface area contributed by atoms with Crippen LogP contribution in [0.1, 0.15) is 83.7 Å². The maximum Gasteiger partial charge on any atom is 0.213 e. The first-order valence-corrected chi connectivity index (χ1v) is 12.7. The molecule has 0 unspecified atom stereocenters. The number of aromatic nitrogens is 1. The molecular formula is C26H38N2O2S. The molecule has 0 saturated carbocycles. The molecule has 0 spiro atoms. The summed E-state index contributed by atoms with van der Waals surface area (Å²) in [6.45, 7) is 9.25. The van der Waals surface area contributed by atoms with Crippen LogP contribution in [-0.2, 0) is 19.4 Å². The van der Waals surface area contributed by atoms with E-state index in [2.05, 4.69) is 29.8 Å². The van der Waals surface area contributed by atoms with E-state index in [4.69, 9.17) is 4.74 Å². The van der Waals surface area contributed by atoms with Crippen LogP contribution in [0.3, 0.4) is 0 Å². The third-order valence-electron chi connectivity index (χ3n) is 6.49. The van der Waals surface area contributed by atoms with E-state index in [1.807, 2.05) is 23.5 Å². The third kappa shape index (κ3) is 6.63. The molecule has 31 heavy (non-hydrogen) atoms. The lowest BCUT2D eigenvalue weighted by molar-refractivity contribution is 0.101. The van der Waals surface area contributed by atoms with Gasteiger partial charge in [-0.15, -0.1) is 11.3 Å². The summed E-state index contributed by atoms with van der Waals surface area (Å²) >= 11 is 1.92. The molecule has 5 heteroatoms.